The highest BCUT2D eigenvalue weighted by Crippen LogP contribution is 2.28. The van der Waals surface area contributed by atoms with Crippen molar-refractivity contribution in [3.05, 3.63) is 59.7 Å². The number of aromatic nitrogens is 2. The Morgan fingerprint density at radius 3 is 2.29 bits per heavy atom. The maximum atomic E-state index is 12.5. The first-order valence-corrected chi connectivity index (χ1v) is 11.1. The zero-order valence-electron chi connectivity index (χ0n) is 15.7. The number of nitrogens with one attached hydrogen (secondary N) is 1. The summed E-state index contributed by atoms with van der Waals surface area (Å²) in [4.78, 5) is 12.5. The molecule has 0 atom stereocenters. The molecule has 3 aromatic rings. The maximum Gasteiger partial charge on any atom is 0.246 e. The van der Waals surface area contributed by atoms with E-state index in [1.54, 1.807) is 0 Å². The minimum atomic E-state index is -3.65. The van der Waals surface area contributed by atoms with E-state index in [0.717, 1.165) is 27.3 Å². The summed E-state index contributed by atoms with van der Waals surface area (Å²) < 4.78 is 25.8. The number of benzene rings is 2. The molecule has 28 heavy (non-hydrogen) atoms. The second kappa shape index (κ2) is 8.07. The van der Waals surface area contributed by atoms with Crippen LogP contribution in [0.2, 0.25) is 0 Å². The molecule has 146 valence electrons. The van der Waals surface area contributed by atoms with Crippen LogP contribution >= 0.6 is 11.3 Å². The van der Waals surface area contributed by atoms with Gasteiger partial charge in [0.1, 0.15) is 11.6 Å². The zero-order valence-corrected chi connectivity index (χ0v) is 17.3. The number of hydrogen-bond donors (Lipinski definition) is 1. The number of rotatable bonds is 6. The summed E-state index contributed by atoms with van der Waals surface area (Å²) in [6.45, 7) is 3.29. The van der Waals surface area contributed by atoms with Gasteiger partial charge in [-0.2, -0.15) is 0 Å². The third-order valence-electron chi connectivity index (χ3n) is 4.07. The van der Waals surface area contributed by atoms with E-state index in [2.05, 4.69) is 15.5 Å². The van der Waals surface area contributed by atoms with Crippen LogP contribution < -0.4 is 9.62 Å². The number of para-hydroxylation sites is 1. The molecule has 0 saturated heterocycles. The highest BCUT2D eigenvalue weighted by molar-refractivity contribution is 7.92. The van der Waals surface area contributed by atoms with Crippen molar-refractivity contribution < 1.29 is 13.2 Å². The van der Waals surface area contributed by atoms with E-state index < -0.39 is 15.9 Å². The standard InChI is InChI=1S/C19H20N4O3S2/c1-13-8-7-9-14(2)17(13)23(28(3,25)26)12-16(24)20-19-22-21-18(27-19)15-10-5-4-6-11-15/h4-11H,12H2,1-3H3,(H,20,22,24). The largest absolute Gasteiger partial charge is 0.299 e. The second-order valence-electron chi connectivity index (χ2n) is 6.34. The number of hydrogen-bond acceptors (Lipinski definition) is 6. The number of anilines is 2. The van der Waals surface area contributed by atoms with Crippen LogP contribution in [0.25, 0.3) is 10.6 Å². The van der Waals surface area contributed by atoms with Crippen LogP contribution in [-0.4, -0.2) is 37.3 Å². The third kappa shape index (κ3) is 4.55. The lowest BCUT2D eigenvalue weighted by Crippen LogP contribution is -2.38. The summed E-state index contributed by atoms with van der Waals surface area (Å²) in [5.74, 6) is -0.483. The molecule has 1 N–H and O–H groups in total. The molecule has 0 aliphatic heterocycles. The van der Waals surface area contributed by atoms with Gasteiger partial charge in [0.2, 0.25) is 21.1 Å². The third-order valence-corrected chi connectivity index (χ3v) is 6.07. The Labute approximate surface area is 168 Å². The van der Waals surface area contributed by atoms with Crippen LogP contribution in [0.1, 0.15) is 11.1 Å². The average molecular weight is 417 g/mol. The molecule has 0 fully saturated rings. The minimum absolute atomic E-state index is 0.318. The van der Waals surface area contributed by atoms with Crippen molar-refractivity contribution in [3.8, 4) is 10.6 Å². The van der Waals surface area contributed by atoms with E-state index in [9.17, 15) is 13.2 Å². The van der Waals surface area contributed by atoms with E-state index >= 15 is 0 Å². The number of carbonyl (C=O) groups is 1. The molecule has 0 unspecified atom stereocenters. The number of nitrogens with zero attached hydrogens (tertiary/aromatic N) is 3. The van der Waals surface area contributed by atoms with Gasteiger partial charge in [0, 0.05) is 5.56 Å². The molecule has 0 saturated carbocycles. The molecule has 1 amide bonds. The van der Waals surface area contributed by atoms with Crippen molar-refractivity contribution in [1.29, 1.82) is 0 Å². The van der Waals surface area contributed by atoms with Crippen molar-refractivity contribution in [3.63, 3.8) is 0 Å². The number of aryl methyl sites for hydroxylation is 2. The van der Waals surface area contributed by atoms with Crippen LogP contribution in [0.4, 0.5) is 10.8 Å². The summed E-state index contributed by atoms with van der Waals surface area (Å²) in [5.41, 5.74) is 2.97. The molecule has 9 heteroatoms. The monoisotopic (exact) mass is 416 g/mol. The van der Waals surface area contributed by atoms with Gasteiger partial charge in [-0.3, -0.25) is 14.4 Å². The number of carbonyl (C=O) groups excluding carboxylic acids is 1. The minimum Gasteiger partial charge on any atom is -0.299 e. The van der Waals surface area contributed by atoms with Crippen LogP contribution in [-0.2, 0) is 14.8 Å². The first kappa shape index (κ1) is 20.0. The summed E-state index contributed by atoms with van der Waals surface area (Å²) >= 11 is 1.23. The van der Waals surface area contributed by atoms with Gasteiger partial charge in [0.05, 0.1) is 11.9 Å². The van der Waals surface area contributed by atoms with Crippen molar-refractivity contribution in [2.24, 2.45) is 0 Å². The number of amides is 1. The Balaban J connectivity index is 1.80. The lowest BCUT2D eigenvalue weighted by molar-refractivity contribution is -0.114. The Hall–Kier alpha value is -2.78. The smallest absolute Gasteiger partial charge is 0.246 e. The number of sulfonamides is 1. The molecule has 0 spiro atoms. The van der Waals surface area contributed by atoms with Gasteiger partial charge in [-0.25, -0.2) is 8.42 Å². The summed E-state index contributed by atoms with van der Waals surface area (Å²) in [6.07, 6.45) is 1.09. The van der Waals surface area contributed by atoms with Crippen molar-refractivity contribution in [1.82, 2.24) is 10.2 Å². The summed E-state index contributed by atoms with van der Waals surface area (Å²) in [7, 11) is -3.65. The van der Waals surface area contributed by atoms with Crippen molar-refractivity contribution >= 4 is 38.1 Å². The van der Waals surface area contributed by atoms with E-state index in [1.807, 2.05) is 62.4 Å². The molecule has 0 aliphatic rings. The van der Waals surface area contributed by atoms with E-state index in [1.165, 1.54) is 11.3 Å². The predicted octanol–water partition coefficient (Wildman–Crippen LogP) is 3.23. The van der Waals surface area contributed by atoms with Gasteiger partial charge < -0.3 is 0 Å². The fourth-order valence-electron chi connectivity index (χ4n) is 2.82. The normalized spacial score (nSPS) is 11.2. The quantitative estimate of drug-likeness (QED) is 0.666. The molecule has 1 heterocycles. The van der Waals surface area contributed by atoms with Crippen LogP contribution in [0.5, 0.6) is 0 Å². The predicted molar refractivity (Wildman–Crippen MR) is 112 cm³/mol. The van der Waals surface area contributed by atoms with Crippen LogP contribution in [0.3, 0.4) is 0 Å². The van der Waals surface area contributed by atoms with Gasteiger partial charge >= 0.3 is 0 Å². The van der Waals surface area contributed by atoms with Crippen molar-refractivity contribution in [2.75, 3.05) is 22.4 Å². The Morgan fingerprint density at radius 1 is 1.04 bits per heavy atom. The molecular formula is C19H20N4O3S2. The molecule has 2 aromatic carbocycles. The molecule has 0 aliphatic carbocycles. The molecule has 3 rings (SSSR count). The van der Waals surface area contributed by atoms with E-state index in [4.69, 9.17) is 0 Å². The Kier molecular flexibility index (Phi) is 5.76. The Morgan fingerprint density at radius 2 is 1.68 bits per heavy atom. The lowest BCUT2D eigenvalue weighted by Gasteiger charge is -2.25. The van der Waals surface area contributed by atoms with Crippen LogP contribution in [0, 0.1) is 13.8 Å². The fourth-order valence-corrected chi connectivity index (χ4v) is 4.56. The molecular weight excluding hydrogens is 396 g/mol. The summed E-state index contributed by atoms with van der Waals surface area (Å²) in [6, 6.07) is 15.0. The molecule has 0 radical (unpaired) electrons. The fraction of sp³-hybridized carbons (Fsp3) is 0.211. The van der Waals surface area contributed by atoms with Gasteiger partial charge in [0.25, 0.3) is 0 Å². The van der Waals surface area contributed by atoms with Gasteiger partial charge in [-0.15, -0.1) is 10.2 Å². The SMILES string of the molecule is Cc1cccc(C)c1N(CC(=O)Nc1nnc(-c2ccccc2)s1)S(C)(=O)=O. The maximum absolute atomic E-state index is 12.5. The van der Waals surface area contributed by atoms with Gasteiger partial charge in [0.15, 0.2) is 0 Å². The molecule has 7 nitrogen and oxygen atoms in total. The van der Waals surface area contributed by atoms with Gasteiger partial charge in [-0.1, -0.05) is 59.9 Å². The Bertz CT molecular complexity index is 1080. The van der Waals surface area contributed by atoms with E-state index in [0.29, 0.717) is 15.8 Å². The molecule has 0 bridgehead atoms. The summed E-state index contributed by atoms with van der Waals surface area (Å²) in [5, 5.41) is 11.7. The lowest BCUT2D eigenvalue weighted by atomic mass is 10.1. The zero-order chi connectivity index (χ0) is 20.3. The van der Waals surface area contributed by atoms with E-state index in [-0.39, 0.29) is 6.54 Å². The average Bonchev–Trinajstić information content (AvgIpc) is 3.09. The van der Waals surface area contributed by atoms with Gasteiger partial charge in [-0.05, 0) is 25.0 Å². The highest BCUT2D eigenvalue weighted by Gasteiger charge is 2.24. The van der Waals surface area contributed by atoms with Crippen molar-refractivity contribution in [2.45, 2.75) is 13.8 Å². The topological polar surface area (TPSA) is 92.3 Å². The highest BCUT2D eigenvalue weighted by atomic mass is 32.2. The first-order valence-electron chi connectivity index (χ1n) is 8.48. The van der Waals surface area contributed by atoms with Crippen LogP contribution in [0.15, 0.2) is 48.5 Å². The second-order valence-corrected chi connectivity index (χ2v) is 9.22. The molecule has 1 aromatic heterocycles. The first-order chi connectivity index (χ1) is 13.3.